The number of piperazine rings is 1. The maximum atomic E-state index is 14.5. The molecule has 2 aromatic rings. The molecular formula is C21H19ClFN3O5. The van der Waals surface area contributed by atoms with Crippen molar-refractivity contribution in [2.45, 2.75) is 6.04 Å². The molecule has 0 spiro atoms. The standard InChI is InChI=1S/C21H19ClFN3O5/c1-3-14(28)25-7-8-26-11(9-25)10-31-19-16(21(26)29)20(30-2)24-18(17(19)22)15-12(23)5-4-6-13(15)27/h3-6,11,27H,1,7-10H2,2H3/t11-/m1/s1. The normalized spacial score (nSPS) is 17.9. The van der Waals surface area contributed by atoms with Crippen LogP contribution in [-0.4, -0.2) is 71.1 Å². The van der Waals surface area contributed by atoms with Crippen LogP contribution in [0.2, 0.25) is 5.02 Å². The molecule has 0 aliphatic carbocycles. The van der Waals surface area contributed by atoms with Gasteiger partial charge in [0.1, 0.15) is 34.5 Å². The first-order valence-corrected chi connectivity index (χ1v) is 9.85. The van der Waals surface area contributed by atoms with Crippen LogP contribution in [0.25, 0.3) is 11.3 Å². The van der Waals surface area contributed by atoms with Crippen molar-refractivity contribution >= 4 is 23.4 Å². The summed E-state index contributed by atoms with van der Waals surface area (Å²) < 4.78 is 25.7. The number of amides is 2. The monoisotopic (exact) mass is 447 g/mol. The fourth-order valence-corrected chi connectivity index (χ4v) is 4.11. The molecule has 8 nitrogen and oxygen atoms in total. The number of hydrogen-bond acceptors (Lipinski definition) is 6. The molecule has 0 unspecified atom stereocenters. The molecule has 10 heteroatoms. The van der Waals surface area contributed by atoms with Gasteiger partial charge < -0.3 is 24.4 Å². The number of methoxy groups -OCH3 is 1. The van der Waals surface area contributed by atoms with Crippen molar-refractivity contribution in [3.05, 3.63) is 47.3 Å². The Labute approximate surface area is 182 Å². The van der Waals surface area contributed by atoms with Gasteiger partial charge in [0.25, 0.3) is 5.91 Å². The number of halogens is 2. The van der Waals surface area contributed by atoms with Gasteiger partial charge >= 0.3 is 0 Å². The van der Waals surface area contributed by atoms with Gasteiger partial charge in [-0.1, -0.05) is 24.2 Å². The van der Waals surface area contributed by atoms with Crippen LogP contribution in [0, 0.1) is 5.82 Å². The summed E-state index contributed by atoms with van der Waals surface area (Å²) in [6.07, 6.45) is 1.22. The Morgan fingerprint density at radius 2 is 2.19 bits per heavy atom. The molecule has 2 aliphatic rings. The van der Waals surface area contributed by atoms with E-state index in [1.165, 1.54) is 25.3 Å². The molecule has 31 heavy (non-hydrogen) atoms. The zero-order valence-electron chi connectivity index (χ0n) is 16.6. The van der Waals surface area contributed by atoms with Gasteiger partial charge in [-0.2, -0.15) is 0 Å². The predicted octanol–water partition coefficient (Wildman–Crippen LogP) is 2.49. The van der Waals surface area contributed by atoms with E-state index in [4.69, 9.17) is 21.1 Å². The Bertz CT molecular complexity index is 1070. The molecule has 0 radical (unpaired) electrons. The number of fused-ring (bicyclic) bond motifs is 2. The number of aromatic hydroxyl groups is 1. The number of hydrogen-bond donors (Lipinski definition) is 1. The van der Waals surface area contributed by atoms with E-state index in [0.29, 0.717) is 6.54 Å². The molecule has 162 valence electrons. The van der Waals surface area contributed by atoms with Crippen molar-refractivity contribution in [3.8, 4) is 28.6 Å². The van der Waals surface area contributed by atoms with Gasteiger partial charge in [-0.15, -0.1) is 0 Å². The minimum atomic E-state index is -0.743. The second kappa shape index (κ2) is 8.07. The van der Waals surface area contributed by atoms with Crippen molar-refractivity contribution < 1.29 is 28.6 Å². The third-order valence-corrected chi connectivity index (χ3v) is 5.70. The first kappa shape index (κ1) is 20.9. The zero-order chi connectivity index (χ0) is 22.3. The summed E-state index contributed by atoms with van der Waals surface area (Å²) in [5, 5.41) is 10.1. The van der Waals surface area contributed by atoms with Crippen molar-refractivity contribution in [2.75, 3.05) is 33.4 Å². The molecule has 1 N–H and O–H groups in total. The number of phenolic OH excluding ortho intramolecular Hbond substituents is 1. The van der Waals surface area contributed by atoms with E-state index in [-0.39, 0.29) is 64.8 Å². The third kappa shape index (κ3) is 3.44. The number of carbonyl (C=O) groups is 2. The number of nitrogens with zero attached hydrogens (tertiary/aromatic N) is 3. The maximum Gasteiger partial charge on any atom is 0.263 e. The number of pyridine rings is 1. The summed E-state index contributed by atoms with van der Waals surface area (Å²) in [5.41, 5.74) is -0.323. The summed E-state index contributed by atoms with van der Waals surface area (Å²) in [7, 11) is 1.32. The summed E-state index contributed by atoms with van der Waals surface area (Å²) in [5.74, 6) is -1.87. The lowest BCUT2D eigenvalue weighted by Crippen LogP contribution is -2.57. The summed E-state index contributed by atoms with van der Waals surface area (Å²) in [6, 6.07) is 3.37. The van der Waals surface area contributed by atoms with Crippen LogP contribution in [0.15, 0.2) is 30.9 Å². The zero-order valence-corrected chi connectivity index (χ0v) is 17.4. The average molecular weight is 448 g/mol. The molecule has 2 amide bonds. The first-order chi connectivity index (χ1) is 14.9. The van der Waals surface area contributed by atoms with E-state index in [2.05, 4.69) is 11.6 Å². The van der Waals surface area contributed by atoms with Crippen molar-refractivity contribution in [3.63, 3.8) is 0 Å². The Kier molecular flexibility index (Phi) is 5.45. The van der Waals surface area contributed by atoms with E-state index in [9.17, 15) is 19.1 Å². The van der Waals surface area contributed by atoms with Gasteiger partial charge in [-0.25, -0.2) is 9.37 Å². The lowest BCUT2D eigenvalue weighted by Gasteiger charge is -2.39. The fraction of sp³-hybridized carbons (Fsp3) is 0.286. The number of aromatic nitrogens is 1. The van der Waals surface area contributed by atoms with Crippen molar-refractivity contribution in [1.29, 1.82) is 0 Å². The van der Waals surface area contributed by atoms with E-state index in [0.717, 1.165) is 6.07 Å². The number of carbonyl (C=O) groups excluding carboxylic acids is 2. The second-order valence-electron chi connectivity index (χ2n) is 7.07. The van der Waals surface area contributed by atoms with Crippen LogP contribution >= 0.6 is 11.6 Å². The van der Waals surface area contributed by atoms with E-state index >= 15 is 0 Å². The number of rotatable bonds is 3. The second-order valence-corrected chi connectivity index (χ2v) is 7.45. The Balaban J connectivity index is 1.81. The van der Waals surface area contributed by atoms with E-state index < -0.39 is 17.8 Å². The number of ether oxygens (including phenoxy) is 2. The highest BCUT2D eigenvalue weighted by molar-refractivity contribution is 6.35. The summed E-state index contributed by atoms with van der Waals surface area (Å²) >= 11 is 6.50. The van der Waals surface area contributed by atoms with Gasteiger partial charge in [0.15, 0.2) is 5.75 Å². The van der Waals surface area contributed by atoms with Crippen LogP contribution in [0.4, 0.5) is 4.39 Å². The molecule has 0 saturated carbocycles. The molecule has 1 saturated heterocycles. The Morgan fingerprint density at radius 1 is 1.42 bits per heavy atom. The van der Waals surface area contributed by atoms with Gasteiger partial charge in [-0.3, -0.25) is 9.59 Å². The molecule has 1 aromatic heterocycles. The van der Waals surface area contributed by atoms with Crippen LogP contribution in [0.1, 0.15) is 10.4 Å². The molecule has 1 fully saturated rings. The van der Waals surface area contributed by atoms with Crippen LogP contribution in [0.5, 0.6) is 17.4 Å². The van der Waals surface area contributed by atoms with E-state index in [1.54, 1.807) is 9.80 Å². The molecule has 1 aromatic carbocycles. The average Bonchev–Trinajstić information content (AvgIpc) is 2.91. The lowest BCUT2D eigenvalue weighted by molar-refractivity contribution is -0.128. The highest BCUT2D eigenvalue weighted by atomic mass is 35.5. The largest absolute Gasteiger partial charge is 0.507 e. The van der Waals surface area contributed by atoms with Gasteiger partial charge in [0.05, 0.1) is 18.7 Å². The minimum Gasteiger partial charge on any atom is -0.507 e. The molecule has 1 atom stereocenters. The molecule has 0 bridgehead atoms. The fourth-order valence-electron chi connectivity index (χ4n) is 3.82. The van der Waals surface area contributed by atoms with Gasteiger partial charge in [-0.05, 0) is 18.2 Å². The topological polar surface area (TPSA) is 92.2 Å². The minimum absolute atomic E-state index is 0.00725. The van der Waals surface area contributed by atoms with E-state index in [1.807, 2.05) is 0 Å². The maximum absolute atomic E-state index is 14.5. The molecule has 2 aliphatic heterocycles. The molecule has 3 heterocycles. The summed E-state index contributed by atoms with van der Waals surface area (Å²) in [6.45, 7) is 4.43. The first-order valence-electron chi connectivity index (χ1n) is 9.47. The number of phenols is 1. The van der Waals surface area contributed by atoms with Crippen LogP contribution in [0.3, 0.4) is 0 Å². The van der Waals surface area contributed by atoms with Crippen molar-refractivity contribution in [1.82, 2.24) is 14.8 Å². The smallest absolute Gasteiger partial charge is 0.263 e. The Morgan fingerprint density at radius 3 is 2.87 bits per heavy atom. The molecule has 4 rings (SSSR count). The summed E-state index contributed by atoms with van der Waals surface area (Å²) in [4.78, 5) is 32.7. The lowest BCUT2D eigenvalue weighted by atomic mass is 10.1. The predicted molar refractivity (Wildman–Crippen MR) is 110 cm³/mol. The van der Waals surface area contributed by atoms with Crippen LogP contribution < -0.4 is 9.47 Å². The number of benzene rings is 1. The Hall–Kier alpha value is -3.33. The quantitative estimate of drug-likeness (QED) is 0.727. The highest BCUT2D eigenvalue weighted by Crippen LogP contribution is 2.45. The van der Waals surface area contributed by atoms with Crippen LogP contribution in [-0.2, 0) is 4.79 Å². The third-order valence-electron chi connectivity index (χ3n) is 5.35. The molecular weight excluding hydrogens is 429 g/mol. The van der Waals surface area contributed by atoms with Gasteiger partial charge in [0.2, 0.25) is 11.8 Å². The van der Waals surface area contributed by atoms with Crippen molar-refractivity contribution in [2.24, 2.45) is 0 Å². The SMILES string of the molecule is C=CC(=O)N1CCN2C(=O)c3c(OC)nc(-c4c(O)cccc4F)c(Cl)c3OC[C@H]2C1. The highest BCUT2D eigenvalue weighted by Gasteiger charge is 2.40. The van der Waals surface area contributed by atoms with Gasteiger partial charge in [0, 0.05) is 19.6 Å².